The van der Waals surface area contributed by atoms with E-state index in [2.05, 4.69) is 23.3 Å². The number of thiol groups is 1. The van der Waals surface area contributed by atoms with Crippen LogP contribution in [0, 0.1) is 0 Å². The average molecular weight is 339 g/mol. The van der Waals surface area contributed by atoms with Crippen LogP contribution in [0.25, 0.3) is 0 Å². The second kappa shape index (κ2) is 9.16. The molecule has 2 amide bonds. The smallest absolute Gasteiger partial charge is 0.244 e. The van der Waals surface area contributed by atoms with Crippen LogP contribution in [0.1, 0.15) is 12.5 Å². The van der Waals surface area contributed by atoms with Crippen molar-refractivity contribution in [2.45, 2.75) is 31.5 Å². The van der Waals surface area contributed by atoms with Gasteiger partial charge in [0, 0.05) is 5.75 Å². The highest BCUT2D eigenvalue weighted by Crippen LogP contribution is 2.11. The highest BCUT2D eigenvalue weighted by Gasteiger charge is 2.23. The fourth-order valence-electron chi connectivity index (χ4n) is 1.80. The van der Waals surface area contributed by atoms with Crippen molar-refractivity contribution >= 4 is 30.7 Å². The van der Waals surface area contributed by atoms with Gasteiger partial charge in [-0.1, -0.05) is 12.1 Å². The summed E-state index contributed by atoms with van der Waals surface area (Å²) in [6.07, 6.45) is 0.893. The van der Waals surface area contributed by atoms with E-state index in [1.807, 2.05) is 0 Å². The topological polar surface area (TPSA) is 122 Å². The van der Waals surface area contributed by atoms with Gasteiger partial charge in [0.15, 0.2) is 0 Å². The summed E-state index contributed by atoms with van der Waals surface area (Å²) in [5, 5.41) is 14.2. The van der Waals surface area contributed by atoms with Crippen molar-refractivity contribution in [1.29, 1.82) is 0 Å². The van der Waals surface area contributed by atoms with Gasteiger partial charge in [-0.15, -0.1) is 0 Å². The molecule has 0 bridgehead atoms. The first-order valence-electron chi connectivity index (χ1n) is 7.07. The summed E-state index contributed by atoms with van der Waals surface area (Å²) < 4.78 is 0. The lowest BCUT2D eigenvalue weighted by atomic mass is 10.1. The third-order valence-electron chi connectivity index (χ3n) is 3.11. The molecule has 5 N–H and O–H groups in total. The molecule has 0 radical (unpaired) electrons. The van der Waals surface area contributed by atoms with Crippen LogP contribution in [0.2, 0.25) is 0 Å². The van der Waals surface area contributed by atoms with Crippen LogP contribution in [0.3, 0.4) is 0 Å². The summed E-state index contributed by atoms with van der Waals surface area (Å²) in [5.74, 6) is -0.783. The van der Waals surface area contributed by atoms with Crippen LogP contribution in [-0.4, -0.2) is 47.1 Å². The summed E-state index contributed by atoms with van der Waals surface area (Å²) in [6.45, 7) is 1.50. The van der Waals surface area contributed by atoms with Gasteiger partial charge in [0.25, 0.3) is 0 Å². The molecule has 0 aromatic heterocycles. The van der Waals surface area contributed by atoms with Gasteiger partial charge in [-0.2, -0.15) is 12.6 Å². The second-order valence-corrected chi connectivity index (χ2v) is 5.52. The number of rotatable bonds is 8. The van der Waals surface area contributed by atoms with Crippen molar-refractivity contribution in [3.8, 4) is 5.75 Å². The first-order chi connectivity index (χ1) is 10.9. The van der Waals surface area contributed by atoms with Crippen LogP contribution in [0.15, 0.2) is 24.3 Å². The second-order valence-electron chi connectivity index (χ2n) is 5.15. The summed E-state index contributed by atoms with van der Waals surface area (Å²) in [4.78, 5) is 34.8. The Labute approximate surface area is 140 Å². The molecular weight excluding hydrogens is 318 g/mol. The Morgan fingerprint density at radius 2 is 1.87 bits per heavy atom. The number of nitrogens with two attached hydrogens (primary N) is 1. The summed E-state index contributed by atoms with van der Waals surface area (Å²) in [6, 6.07) is 3.94. The van der Waals surface area contributed by atoms with E-state index in [-0.39, 0.29) is 17.9 Å². The van der Waals surface area contributed by atoms with Crippen LogP contribution in [0.5, 0.6) is 5.75 Å². The monoisotopic (exact) mass is 339 g/mol. The maximum Gasteiger partial charge on any atom is 0.244 e. The molecule has 0 spiro atoms. The lowest BCUT2D eigenvalue weighted by molar-refractivity contribution is -0.129. The number of nitrogens with one attached hydrogen (secondary N) is 2. The number of benzene rings is 1. The molecule has 0 saturated heterocycles. The Hall–Kier alpha value is -2.06. The van der Waals surface area contributed by atoms with Gasteiger partial charge in [-0.3, -0.25) is 9.59 Å². The largest absolute Gasteiger partial charge is 0.508 e. The third-order valence-corrected chi connectivity index (χ3v) is 3.48. The van der Waals surface area contributed by atoms with Gasteiger partial charge in [0.05, 0.1) is 12.1 Å². The fraction of sp³-hybridized carbons (Fsp3) is 0.400. The zero-order valence-corrected chi connectivity index (χ0v) is 13.6. The van der Waals surface area contributed by atoms with Crippen LogP contribution in [0.4, 0.5) is 0 Å². The van der Waals surface area contributed by atoms with Crippen LogP contribution < -0.4 is 16.4 Å². The molecule has 8 heteroatoms. The lowest BCUT2D eigenvalue weighted by Gasteiger charge is -2.20. The summed E-state index contributed by atoms with van der Waals surface area (Å²) in [5.41, 5.74) is 6.22. The minimum atomic E-state index is -0.876. The quantitative estimate of drug-likeness (QED) is 0.319. The van der Waals surface area contributed by atoms with Crippen molar-refractivity contribution in [2.75, 3.05) is 5.75 Å². The van der Waals surface area contributed by atoms with Crippen molar-refractivity contribution in [3.05, 3.63) is 29.8 Å². The van der Waals surface area contributed by atoms with E-state index in [1.165, 1.54) is 19.1 Å². The van der Waals surface area contributed by atoms with Gasteiger partial charge in [-0.25, -0.2) is 0 Å². The van der Waals surface area contributed by atoms with Crippen molar-refractivity contribution < 1.29 is 19.5 Å². The van der Waals surface area contributed by atoms with E-state index in [1.54, 1.807) is 12.1 Å². The fourth-order valence-corrected chi connectivity index (χ4v) is 2.06. The SMILES string of the molecule is C[C@H](N)C(=O)N[C@@H](CS)C(=O)N[C@H](C=O)Cc1ccc(O)cc1. The predicted molar refractivity (Wildman–Crippen MR) is 89.2 cm³/mol. The molecule has 3 atom stereocenters. The average Bonchev–Trinajstić information content (AvgIpc) is 2.53. The number of amides is 2. The van der Waals surface area contributed by atoms with Crippen molar-refractivity contribution in [3.63, 3.8) is 0 Å². The van der Waals surface area contributed by atoms with Gasteiger partial charge in [0.2, 0.25) is 11.8 Å². The molecule has 0 aliphatic rings. The molecule has 1 rings (SSSR count). The Bertz CT molecular complexity index is 548. The summed E-state index contributed by atoms with van der Waals surface area (Å²) >= 11 is 4.03. The number of carbonyl (C=O) groups is 3. The highest BCUT2D eigenvalue weighted by molar-refractivity contribution is 7.80. The first-order valence-corrected chi connectivity index (χ1v) is 7.71. The van der Waals surface area contributed by atoms with Crippen molar-refractivity contribution in [1.82, 2.24) is 10.6 Å². The van der Waals surface area contributed by atoms with E-state index in [0.717, 1.165) is 5.56 Å². The number of phenols is 1. The molecule has 126 valence electrons. The van der Waals surface area contributed by atoms with E-state index in [9.17, 15) is 19.5 Å². The van der Waals surface area contributed by atoms with Gasteiger partial charge in [-0.05, 0) is 31.0 Å². The maximum absolute atomic E-state index is 12.1. The standard InChI is InChI=1S/C15H21N3O4S/c1-9(16)14(21)18-13(8-23)15(22)17-11(7-19)6-10-2-4-12(20)5-3-10/h2-5,7,9,11,13,20,23H,6,8,16H2,1H3,(H,17,22)(H,18,21)/t9-,11-,13-/m0/s1. The summed E-state index contributed by atoms with van der Waals surface area (Å²) in [7, 11) is 0. The number of aromatic hydroxyl groups is 1. The van der Waals surface area contributed by atoms with Gasteiger partial charge in [0.1, 0.15) is 18.1 Å². The molecule has 0 unspecified atom stereocenters. The van der Waals surface area contributed by atoms with Crippen LogP contribution in [-0.2, 0) is 20.8 Å². The number of aldehydes is 1. The number of hydrogen-bond acceptors (Lipinski definition) is 6. The molecule has 7 nitrogen and oxygen atoms in total. The highest BCUT2D eigenvalue weighted by atomic mass is 32.1. The Kier molecular flexibility index (Phi) is 7.56. The van der Waals surface area contributed by atoms with Crippen LogP contribution >= 0.6 is 12.6 Å². The molecule has 0 heterocycles. The third kappa shape index (κ3) is 6.29. The lowest BCUT2D eigenvalue weighted by Crippen LogP contribution is -2.54. The molecule has 0 fully saturated rings. The minimum Gasteiger partial charge on any atom is -0.508 e. The van der Waals surface area contributed by atoms with E-state index < -0.39 is 29.9 Å². The number of carbonyl (C=O) groups excluding carboxylic acids is 3. The van der Waals surface area contributed by atoms with E-state index in [4.69, 9.17) is 5.73 Å². The Balaban J connectivity index is 2.65. The Morgan fingerprint density at radius 1 is 1.26 bits per heavy atom. The molecular formula is C15H21N3O4S. The molecule has 0 aliphatic heterocycles. The van der Waals surface area contributed by atoms with E-state index in [0.29, 0.717) is 6.29 Å². The van der Waals surface area contributed by atoms with Gasteiger partial charge < -0.3 is 26.3 Å². The molecule has 23 heavy (non-hydrogen) atoms. The molecule has 0 saturated carbocycles. The van der Waals surface area contributed by atoms with Gasteiger partial charge >= 0.3 is 0 Å². The zero-order chi connectivity index (χ0) is 17.4. The molecule has 1 aromatic carbocycles. The maximum atomic E-state index is 12.1. The predicted octanol–water partition coefficient (Wildman–Crippen LogP) is -0.620. The first kappa shape index (κ1) is 19.0. The molecule has 0 aliphatic carbocycles. The normalized spacial score (nSPS) is 14.4. The minimum absolute atomic E-state index is 0.0785. The van der Waals surface area contributed by atoms with E-state index >= 15 is 0 Å². The number of phenolic OH excluding ortho intramolecular Hbond substituents is 1. The van der Waals surface area contributed by atoms with Crippen molar-refractivity contribution in [2.24, 2.45) is 5.73 Å². The number of hydrogen-bond donors (Lipinski definition) is 5. The Morgan fingerprint density at radius 3 is 2.35 bits per heavy atom. The molecule has 1 aromatic rings. The zero-order valence-electron chi connectivity index (χ0n) is 12.7.